The lowest BCUT2D eigenvalue weighted by Crippen LogP contribution is -2.14. The zero-order chi connectivity index (χ0) is 23.4. The number of anilines is 1. The number of hydrogen-bond acceptors (Lipinski definition) is 5. The topological polar surface area (TPSA) is 59.9 Å². The Morgan fingerprint density at radius 1 is 1.18 bits per heavy atom. The lowest BCUT2D eigenvalue weighted by Gasteiger charge is -2.16. The molecule has 3 aromatic rings. The van der Waals surface area contributed by atoms with Crippen molar-refractivity contribution in [2.45, 2.75) is 45.6 Å². The maximum absolute atomic E-state index is 13.3. The summed E-state index contributed by atoms with van der Waals surface area (Å²) in [4.78, 5) is 19.4. The summed E-state index contributed by atoms with van der Waals surface area (Å²) >= 11 is 3.88. The minimum atomic E-state index is -0.105. The van der Waals surface area contributed by atoms with E-state index in [1.807, 2.05) is 56.3 Å². The average molecular weight is 574 g/mol. The molecule has 7 heteroatoms. The van der Waals surface area contributed by atoms with Gasteiger partial charge in [-0.1, -0.05) is 18.2 Å². The first kappa shape index (κ1) is 23.8. The first-order valence-electron chi connectivity index (χ1n) is 11.1. The molecule has 0 fully saturated rings. The standard InChI is InChI=1S/C26H27IN2O3S/c1-16(2)32-24-17(13-18(27)14-21(24)31-3)15-28-26-23(20-11-7-8-12-22(20)33-26)25(30)29-19-9-5-4-6-10-19/h4-6,9-10,13-16H,7-8,11-12H2,1-3H3,(H,29,30). The zero-order valence-corrected chi connectivity index (χ0v) is 22.0. The monoisotopic (exact) mass is 574 g/mol. The molecule has 0 atom stereocenters. The van der Waals surface area contributed by atoms with Crippen LogP contribution in [0.1, 0.15) is 53.1 Å². The molecule has 0 bridgehead atoms. The van der Waals surface area contributed by atoms with Crippen LogP contribution in [-0.2, 0) is 12.8 Å². The maximum atomic E-state index is 13.3. The van der Waals surface area contributed by atoms with Crippen LogP contribution in [0.5, 0.6) is 11.5 Å². The third kappa shape index (κ3) is 5.58. The maximum Gasteiger partial charge on any atom is 0.259 e. The van der Waals surface area contributed by atoms with Gasteiger partial charge in [0.05, 0.1) is 18.8 Å². The van der Waals surface area contributed by atoms with Crippen molar-refractivity contribution >= 4 is 56.7 Å². The van der Waals surface area contributed by atoms with Crippen molar-refractivity contribution in [3.8, 4) is 11.5 Å². The highest BCUT2D eigenvalue weighted by atomic mass is 127. The van der Waals surface area contributed by atoms with E-state index in [4.69, 9.17) is 14.5 Å². The van der Waals surface area contributed by atoms with Crippen molar-refractivity contribution < 1.29 is 14.3 Å². The van der Waals surface area contributed by atoms with Crippen LogP contribution in [0, 0.1) is 3.57 Å². The van der Waals surface area contributed by atoms with Crippen LogP contribution in [0.25, 0.3) is 0 Å². The molecule has 4 rings (SSSR count). The van der Waals surface area contributed by atoms with E-state index in [9.17, 15) is 4.79 Å². The van der Waals surface area contributed by atoms with Gasteiger partial charge >= 0.3 is 0 Å². The number of aryl methyl sites for hydroxylation is 1. The van der Waals surface area contributed by atoms with Gasteiger partial charge in [-0.05, 0) is 92.0 Å². The largest absolute Gasteiger partial charge is 0.493 e. The van der Waals surface area contributed by atoms with Crippen LogP contribution < -0.4 is 14.8 Å². The Balaban J connectivity index is 1.74. The SMILES string of the molecule is COc1cc(I)cc(C=Nc2sc3c(c2C(=O)Nc2ccccc2)CCCC3)c1OC(C)C. The Hall–Kier alpha value is -2.39. The number of fused-ring (bicyclic) bond motifs is 1. The molecule has 0 radical (unpaired) electrons. The molecule has 1 amide bonds. The number of amides is 1. The molecule has 1 aromatic heterocycles. The Kier molecular flexibility index (Phi) is 7.70. The first-order valence-corrected chi connectivity index (χ1v) is 12.9. The minimum absolute atomic E-state index is 0.00706. The lowest BCUT2D eigenvalue weighted by molar-refractivity contribution is 0.102. The number of aliphatic imine (C=N–C) groups is 1. The number of carbonyl (C=O) groups excluding carboxylic acids is 1. The molecule has 0 saturated carbocycles. The second-order valence-corrected chi connectivity index (χ2v) is 10.5. The van der Waals surface area contributed by atoms with Crippen LogP contribution in [0.3, 0.4) is 0 Å². The molecule has 0 spiro atoms. The van der Waals surface area contributed by atoms with E-state index in [1.165, 1.54) is 4.88 Å². The quantitative estimate of drug-likeness (QED) is 0.244. The van der Waals surface area contributed by atoms with E-state index in [1.54, 1.807) is 24.7 Å². The highest BCUT2D eigenvalue weighted by molar-refractivity contribution is 14.1. The Morgan fingerprint density at radius 2 is 1.94 bits per heavy atom. The fourth-order valence-electron chi connectivity index (χ4n) is 3.92. The molecule has 0 saturated heterocycles. The third-order valence-electron chi connectivity index (χ3n) is 5.35. The van der Waals surface area contributed by atoms with E-state index < -0.39 is 0 Å². The summed E-state index contributed by atoms with van der Waals surface area (Å²) in [6.45, 7) is 3.97. The Labute approximate surface area is 212 Å². The van der Waals surface area contributed by atoms with Gasteiger partial charge in [-0.3, -0.25) is 4.79 Å². The highest BCUT2D eigenvalue weighted by Crippen LogP contribution is 2.41. The number of carbonyl (C=O) groups is 1. The number of benzene rings is 2. The number of hydrogen-bond donors (Lipinski definition) is 1. The van der Waals surface area contributed by atoms with Crippen LogP contribution in [0.15, 0.2) is 47.5 Å². The van der Waals surface area contributed by atoms with Crippen LogP contribution in [0.4, 0.5) is 10.7 Å². The van der Waals surface area contributed by atoms with E-state index in [-0.39, 0.29) is 12.0 Å². The molecule has 1 N–H and O–H groups in total. The number of nitrogens with zero attached hydrogens (tertiary/aromatic N) is 1. The van der Waals surface area contributed by atoms with E-state index >= 15 is 0 Å². The number of ether oxygens (including phenoxy) is 2. The van der Waals surface area contributed by atoms with E-state index in [0.717, 1.165) is 51.1 Å². The normalized spacial score (nSPS) is 13.2. The van der Waals surface area contributed by atoms with Crippen molar-refractivity contribution in [3.63, 3.8) is 0 Å². The predicted molar refractivity (Wildman–Crippen MR) is 144 cm³/mol. The molecule has 5 nitrogen and oxygen atoms in total. The van der Waals surface area contributed by atoms with Crippen molar-refractivity contribution in [3.05, 3.63) is 67.6 Å². The van der Waals surface area contributed by atoms with Gasteiger partial charge in [-0.15, -0.1) is 11.3 Å². The summed E-state index contributed by atoms with van der Waals surface area (Å²) in [5.74, 6) is 1.23. The molecular formula is C26H27IN2O3S. The molecule has 1 aliphatic carbocycles. The van der Waals surface area contributed by atoms with Gasteiger partial charge in [0.15, 0.2) is 11.5 Å². The summed E-state index contributed by atoms with van der Waals surface area (Å²) < 4.78 is 12.6. The minimum Gasteiger partial charge on any atom is -0.493 e. The van der Waals surface area contributed by atoms with E-state index in [0.29, 0.717) is 17.1 Å². The molecule has 172 valence electrons. The van der Waals surface area contributed by atoms with Crippen molar-refractivity contribution in [1.82, 2.24) is 0 Å². The number of methoxy groups -OCH3 is 1. The van der Waals surface area contributed by atoms with Crippen molar-refractivity contribution in [2.75, 3.05) is 12.4 Å². The van der Waals surface area contributed by atoms with Crippen molar-refractivity contribution in [2.24, 2.45) is 4.99 Å². The second-order valence-electron chi connectivity index (χ2n) is 8.16. The number of rotatable bonds is 7. The van der Waals surface area contributed by atoms with Crippen molar-refractivity contribution in [1.29, 1.82) is 0 Å². The molecule has 0 aliphatic heterocycles. The van der Waals surface area contributed by atoms with Gasteiger partial charge in [0.25, 0.3) is 5.91 Å². The number of nitrogens with one attached hydrogen (secondary N) is 1. The second kappa shape index (κ2) is 10.7. The molecule has 33 heavy (non-hydrogen) atoms. The third-order valence-corrected chi connectivity index (χ3v) is 7.18. The summed E-state index contributed by atoms with van der Waals surface area (Å²) in [5, 5.41) is 3.79. The summed E-state index contributed by atoms with van der Waals surface area (Å²) in [5.41, 5.74) is 3.45. The smallest absolute Gasteiger partial charge is 0.259 e. The van der Waals surface area contributed by atoms with Gasteiger partial charge in [0.2, 0.25) is 0 Å². The predicted octanol–water partition coefficient (Wildman–Crippen LogP) is 7.03. The fraction of sp³-hybridized carbons (Fsp3) is 0.308. The molecular weight excluding hydrogens is 547 g/mol. The number of halogens is 1. The van der Waals surface area contributed by atoms with Crippen LogP contribution >= 0.6 is 33.9 Å². The van der Waals surface area contributed by atoms with Gasteiger partial charge in [0, 0.05) is 25.9 Å². The van der Waals surface area contributed by atoms with Gasteiger partial charge in [0.1, 0.15) is 5.00 Å². The highest BCUT2D eigenvalue weighted by Gasteiger charge is 2.25. The van der Waals surface area contributed by atoms with Crippen LogP contribution in [-0.4, -0.2) is 25.3 Å². The summed E-state index contributed by atoms with van der Waals surface area (Å²) in [7, 11) is 1.64. The molecule has 0 unspecified atom stereocenters. The average Bonchev–Trinajstić information content (AvgIpc) is 3.17. The Morgan fingerprint density at radius 3 is 2.67 bits per heavy atom. The number of para-hydroxylation sites is 1. The molecule has 1 aliphatic rings. The fourth-order valence-corrected chi connectivity index (χ4v) is 5.77. The number of thiophene rings is 1. The van der Waals surface area contributed by atoms with Crippen LogP contribution in [0.2, 0.25) is 0 Å². The van der Waals surface area contributed by atoms with Gasteiger partial charge in [-0.25, -0.2) is 4.99 Å². The van der Waals surface area contributed by atoms with E-state index in [2.05, 4.69) is 27.9 Å². The summed E-state index contributed by atoms with van der Waals surface area (Å²) in [6, 6.07) is 13.5. The van der Waals surface area contributed by atoms with Gasteiger partial charge in [-0.2, -0.15) is 0 Å². The van der Waals surface area contributed by atoms with Gasteiger partial charge < -0.3 is 14.8 Å². The lowest BCUT2D eigenvalue weighted by atomic mass is 9.95. The molecule has 1 heterocycles. The summed E-state index contributed by atoms with van der Waals surface area (Å²) in [6.07, 6.45) is 5.94. The zero-order valence-electron chi connectivity index (χ0n) is 19.0. The molecule has 2 aromatic carbocycles. The first-order chi connectivity index (χ1) is 16.0. The Bertz CT molecular complexity index is 1170.